The Morgan fingerprint density at radius 1 is 1.09 bits per heavy atom. The highest BCUT2D eigenvalue weighted by Gasteiger charge is 2.23. The van der Waals surface area contributed by atoms with Gasteiger partial charge in [0.2, 0.25) is 0 Å². The number of amides is 1. The lowest BCUT2D eigenvalue weighted by Gasteiger charge is -2.13. The lowest BCUT2D eigenvalue weighted by molar-refractivity contribution is 0.0691. The van der Waals surface area contributed by atoms with Gasteiger partial charge in [-0.25, -0.2) is 19.8 Å². The molecule has 0 radical (unpaired) electrons. The monoisotopic (exact) mass is 648 g/mol. The highest BCUT2D eigenvalue weighted by Crippen LogP contribution is 2.29. The molecule has 0 spiro atoms. The van der Waals surface area contributed by atoms with Crippen LogP contribution in [0.15, 0.2) is 65.7 Å². The molecular weight excluding hydrogens is 616 g/mol. The van der Waals surface area contributed by atoms with Crippen LogP contribution in [0, 0.1) is 0 Å². The fourth-order valence-electron chi connectivity index (χ4n) is 5.01. The Labute approximate surface area is 263 Å². The first kappa shape index (κ1) is 31.9. The van der Waals surface area contributed by atoms with Gasteiger partial charge in [0.05, 0.1) is 46.0 Å². The number of nitrogens with two attached hydrogens (primary N) is 2. The molecule has 0 bridgehead atoms. The average molecular weight is 649 g/mol. The van der Waals surface area contributed by atoms with Crippen molar-refractivity contribution in [2.75, 3.05) is 18.9 Å². The topological polar surface area (TPSA) is 241 Å². The molecule has 16 heteroatoms. The van der Waals surface area contributed by atoms with Crippen LogP contribution >= 0.6 is 0 Å². The Morgan fingerprint density at radius 3 is 2.59 bits per heavy atom. The molecule has 240 valence electrons. The number of carbonyl (C=O) groups excluding carboxylic acids is 1. The van der Waals surface area contributed by atoms with Crippen LogP contribution in [0.4, 0.5) is 5.69 Å². The SMILES string of the molecule is CC(c1nc2ccc(N=C(N)N)cc2[nH]1)c1nc2ccc(C(=O)NCCOc3ccccc3C(=O)O)cc2n1CCCS(=O)(=O)O. The molecule has 2 aromatic heterocycles. The summed E-state index contributed by atoms with van der Waals surface area (Å²) in [6.07, 6.45) is 0.0948. The van der Waals surface area contributed by atoms with E-state index in [1.807, 2.05) is 11.5 Å². The number of para-hydroxylation sites is 1. The zero-order chi connectivity index (χ0) is 33.0. The third kappa shape index (κ3) is 7.41. The molecule has 0 aliphatic carbocycles. The van der Waals surface area contributed by atoms with E-state index in [1.54, 1.807) is 48.5 Å². The van der Waals surface area contributed by atoms with Crippen LogP contribution < -0.4 is 21.5 Å². The smallest absolute Gasteiger partial charge is 0.339 e. The Morgan fingerprint density at radius 2 is 1.85 bits per heavy atom. The maximum Gasteiger partial charge on any atom is 0.339 e. The quantitative estimate of drug-likeness (QED) is 0.0469. The number of aromatic carboxylic acids is 1. The third-order valence-corrected chi connectivity index (χ3v) is 7.93. The normalized spacial score (nSPS) is 12.2. The zero-order valence-electron chi connectivity index (χ0n) is 24.7. The molecule has 15 nitrogen and oxygen atoms in total. The number of hydrogen-bond acceptors (Lipinski definition) is 8. The maximum atomic E-state index is 13.0. The number of benzene rings is 3. The number of carboxylic acids is 1. The third-order valence-electron chi connectivity index (χ3n) is 7.13. The van der Waals surface area contributed by atoms with Crippen LogP contribution in [-0.4, -0.2) is 74.3 Å². The summed E-state index contributed by atoms with van der Waals surface area (Å²) in [4.78, 5) is 41.3. The van der Waals surface area contributed by atoms with Gasteiger partial charge in [0.1, 0.15) is 29.6 Å². The van der Waals surface area contributed by atoms with Crippen LogP contribution in [0.2, 0.25) is 0 Å². The number of carboxylic acid groups (broad SMARTS) is 1. The van der Waals surface area contributed by atoms with Gasteiger partial charge in [-0.3, -0.25) is 9.35 Å². The first-order valence-corrected chi connectivity index (χ1v) is 15.8. The maximum absolute atomic E-state index is 13.0. The van der Waals surface area contributed by atoms with E-state index in [2.05, 4.69) is 15.3 Å². The number of nitrogens with zero attached hydrogens (tertiary/aromatic N) is 4. The number of aryl methyl sites for hydroxylation is 1. The van der Waals surface area contributed by atoms with Crippen molar-refractivity contribution in [1.82, 2.24) is 24.8 Å². The molecule has 1 atom stereocenters. The Hall–Kier alpha value is -5.48. The molecule has 0 fully saturated rings. The van der Waals surface area contributed by atoms with Crippen LogP contribution in [-0.2, 0) is 16.7 Å². The molecule has 3 aromatic carbocycles. The van der Waals surface area contributed by atoms with Gasteiger partial charge in [-0.2, -0.15) is 8.42 Å². The van der Waals surface area contributed by atoms with Gasteiger partial charge < -0.3 is 36.2 Å². The van der Waals surface area contributed by atoms with Crippen LogP contribution in [0.5, 0.6) is 5.75 Å². The number of guanidine groups is 1. The van der Waals surface area contributed by atoms with Crippen molar-refractivity contribution in [1.29, 1.82) is 0 Å². The van der Waals surface area contributed by atoms with Gasteiger partial charge in [-0.05, 0) is 61.9 Å². The first-order valence-electron chi connectivity index (χ1n) is 14.2. The number of H-pyrrole nitrogens is 1. The molecule has 0 saturated heterocycles. The number of fused-ring (bicyclic) bond motifs is 2. The van der Waals surface area contributed by atoms with Gasteiger partial charge in [-0.1, -0.05) is 12.1 Å². The van der Waals surface area contributed by atoms with Gasteiger partial charge in [-0.15, -0.1) is 0 Å². The minimum atomic E-state index is -4.20. The molecule has 1 unspecified atom stereocenters. The number of imidazole rings is 2. The van der Waals surface area contributed by atoms with E-state index in [-0.39, 0.29) is 49.3 Å². The Kier molecular flexibility index (Phi) is 9.20. The van der Waals surface area contributed by atoms with Gasteiger partial charge in [0.15, 0.2) is 5.96 Å². The number of rotatable bonds is 13. The summed E-state index contributed by atoms with van der Waals surface area (Å²) in [5.74, 6) is -1.08. The predicted octanol–water partition coefficient (Wildman–Crippen LogP) is 2.75. The minimum absolute atomic E-state index is 0.0184. The van der Waals surface area contributed by atoms with E-state index in [4.69, 9.17) is 26.2 Å². The number of carbonyl (C=O) groups is 2. The fraction of sp³-hybridized carbons (Fsp3) is 0.233. The van der Waals surface area contributed by atoms with Crippen LogP contribution in [0.1, 0.15) is 51.6 Å². The van der Waals surface area contributed by atoms with Crippen molar-refractivity contribution in [2.45, 2.75) is 25.8 Å². The van der Waals surface area contributed by atoms with Gasteiger partial charge in [0, 0.05) is 12.1 Å². The van der Waals surface area contributed by atoms with E-state index in [0.717, 1.165) is 0 Å². The molecule has 1 amide bonds. The molecular formula is C30H32N8O7S. The summed E-state index contributed by atoms with van der Waals surface area (Å²) < 4.78 is 39.6. The van der Waals surface area contributed by atoms with E-state index in [0.29, 0.717) is 45.0 Å². The lowest BCUT2D eigenvalue weighted by Crippen LogP contribution is -2.28. The molecule has 0 aliphatic heterocycles. The van der Waals surface area contributed by atoms with Crippen LogP contribution in [0.3, 0.4) is 0 Å². The summed E-state index contributed by atoms with van der Waals surface area (Å²) in [5.41, 5.74) is 14.4. The summed E-state index contributed by atoms with van der Waals surface area (Å²) in [7, 11) is -4.20. The highest BCUT2D eigenvalue weighted by molar-refractivity contribution is 7.85. The van der Waals surface area contributed by atoms with Crippen molar-refractivity contribution in [3.63, 3.8) is 0 Å². The van der Waals surface area contributed by atoms with Crippen molar-refractivity contribution in [3.8, 4) is 5.75 Å². The summed E-state index contributed by atoms with van der Waals surface area (Å²) >= 11 is 0. The highest BCUT2D eigenvalue weighted by atomic mass is 32.2. The molecule has 0 saturated carbocycles. The summed E-state index contributed by atoms with van der Waals surface area (Å²) in [6, 6.07) is 16.5. The van der Waals surface area contributed by atoms with Crippen molar-refractivity contribution < 1.29 is 32.4 Å². The molecule has 8 N–H and O–H groups in total. The van der Waals surface area contributed by atoms with Crippen molar-refractivity contribution in [2.24, 2.45) is 16.5 Å². The largest absolute Gasteiger partial charge is 0.491 e. The second-order valence-electron chi connectivity index (χ2n) is 10.5. The Balaban J connectivity index is 1.39. The summed E-state index contributed by atoms with van der Waals surface area (Å²) in [6.45, 7) is 2.23. The van der Waals surface area contributed by atoms with E-state index in [9.17, 15) is 27.7 Å². The number of aliphatic imine (C=N–C) groups is 1. The lowest BCUT2D eigenvalue weighted by atomic mass is 10.1. The predicted molar refractivity (Wildman–Crippen MR) is 171 cm³/mol. The van der Waals surface area contributed by atoms with E-state index >= 15 is 0 Å². The number of aromatic nitrogens is 4. The van der Waals surface area contributed by atoms with Gasteiger partial charge >= 0.3 is 5.97 Å². The van der Waals surface area contributed by atoms with E-state index in [1.165, 1.54) is 12.1 Å². The fourth-order valence-corrected chi connectivity index (χ4v) is 5.51. The van der Waals surface area contributed by atoms with Crippen molar-refractivity contribution >= 4 is 55.7 Å². The molecule has 5 aromatic rings. The summed E-state index contributed by atoms with van der Waals surface area (Å²) in [5, 5.41) is 12.1. The second-order valence-corrected chi connectivity index (χ2v) is 12.0. The van der Waals surface area contributed by atoms with Crippen LogP contribution in [0.25, 0.3) is 22.1 Å². The number of aromatic amines is 1. The Bertz CT molecular complexity index is 2070. The number of ether oxygens (including phenoxy) is 1. The number of hydrogen-bond donors (Lipinski definition) is 6. The molecule has 2 heterocycles. The van der Waals surface area contributed by atoms with E-state index < -0.39 is 27.7 Å². The zero-order valence-corrected chi connectivity index (χ0v) is 25.5. The molecule has 46 heavy (non-hydrogen) atoms. The van der Waals surface area contributed by atoms with Gasteiger partial charge in [0.25, 0.3) is 16.0 Å². The first-order chi connectivity index (χ1) is 21.9. The number of nitrogens with one attached hydrogen (secondary N) is 2. The standard InChI is InChI=1S/C30H32N8O7S/c1-17(26-35-21-10-8-19(34-30(31)32)16-23(21)36-26)27-37-22-9-7-18(15-24(22)38(27)12-4-14-46(42,43)44)28(39)33-11-13-45-25-6-3-2-5-20(25)29(40)41/h2-3,5-10,15-17H,4,11-14H2,1H3,(H,33,39)(H,35,36)(H,40,41)(H4,31,32,34)(H,42,43,44). The molecule has 5 rings (SSSR count). The second kappa shape index (κ2) is 13.3. The van der Waals surface area contributed by atoms with Crippen molar-refractivity contribution in [3.05, 3.63) is 83.4 Å². The average Bonchev–Trinajstić information content (AvgIpc) is 3.59. The minimum Gasteiger partial charge on any atom is -0.491 e. The molecule has 0 aliphatic rings.